The van der Waals surface area contributed by atoms with Crippen LogP contribution in [0.15, 0.2) is 25.0 Å². The number of rotatable bonds is 23. The van der Waals surface area contributed by atoms with Crippen molar-refractivity contribution in [1.29, 1.82) is 0 Å². The average molecular weight is 777 g/mol. The van der Waals surface area contributed by atoms with E-state index in [4.69, 9.17) is 17.2 Å². The van der Waals surface area contributed by atoms with Gasteiger partial charge in [-0.2, -0.15) is 11.8 Å². The summed E-state index contributed by atoms with van der Waals surface area (Å²) in [4.78, 5) is 117. The van der Waals surface area contributed by atoms with Gasteiger partial charge in [-0.3, -0.25) is 33.6 Å². The number of aliphatic carboxylic acids is 1. The molecular weight excluding hydrogens is 728 g/mol. The molecule has 0 aromatic carbocycles. The lowest BCUT2D eigenvalue weighted by Gasteiger charge is -2.31. The first-order valence-electron chi connectivity index (χ1n) is 17.2. The number of carbonyl (C=O) groups excluding carboxylic acids is 7. The Morgan fingerprint density at radius 3 is 1.83 bits per heavy atom. The minimum atomic E-state index is -1.49. The van der Waals surface area contributed by atoms with E-state index in [9.17, 15) is 43.5 Å². The van der Waals surface area contributed by atoms with Gasteiger partial charge in [0.05, 0.1) is 18.7 Å². The van der Waals surface area contributed by atoms with Crippen LogP contribution in [0.25, 0.3) is 0 Å². The van der Waals surface area contributed by atoms with Crippen LogP contribution in [0.5, 0.6) is 0 Å². The molecule has 6 atom stereocenters. The number of hydrogen-bond acceptors (Lipinski definition) is 12. The van der Waals surface area contributed by atoms with Crippen molar-refractivity contribution in [2.24, 2.45) is 17.2 Å². The van der Waals surface area contributed by atoms with Crippen molar-refractivity contribution in [3.05, 3.63) is 36.4 Å². The standard InChI is InChI=1S/C32H48N12O9S/c1-54-10-8-19(33)27(47)42-22(11-17-13-36-15-38-17)28(48)40-20(4-6-25(34)45)31(51)44-9-2-3-24(44)30(50)43-23(12-18-14-37-16-39-18)29(49)41-21(32(52)53)5-7-26(35)46/h13-16,19-24H,2-12,33H2,1H3,(H2,34,45)(H2,35,46)(H,36,38)(H,37,39)(H,40,48)(H,41,49)(H,42,47)(H,43,50)(H,52,53)/t19-,20-,21-,22-,23-,24-/m0/s1. The lowest BCUT2D eigenvalue weighted by atomic mass is 10.0. The number of thioether (sulfide) groups is 1. The first-order chi connectivity index (χ1) is 25.7. The third-order valence-corrected chi connectivity index (χ3v) is 9.26. The van der Waals surface area contributed by atoms with Gasteiger partial charge < -0.3 is 58.4 Å². The third kappa shape index (κ3) is 13.5. The van der Waals surface area contributed by atoms with Gasteiger partial charge in [0.25, 0.3) is 0 Å². The Hall–Kier alpha value is -5.51. The van der Waals surface area contributed by atoms with Crippen LogP contribution in [0.2, 0.25) is 0 Å². The Morgan fingerprint density at radius 2 is 1.33 bits per heavy atom. The zero-order chi connectivity index (χ0) is 39.8. The summed E-state index contributed by atoms with van der Waals surface area (Å²) in [6, 6.07) is -7.42. The molecule has 22 heteroatoms. The maximum atomic E-state index is 14.1. The molecule has 1 aliphatic heterocycles. The summed E-state index contributed by atoms with van der Waals surface area (Å²) in [6.45, 7) is 0.0874. The zero-order valence-electron chi connectivity index (χ0n) is 29.7. The average Bonchev–Trinajstić information content (AvgIpc) is 3.93. The molecule has 1 saturated heterocycles. The monoisotopic (exact) mass is 776 g/mol. The highest BCUT2D eigenvalue weighted by molar-refractivity contribution is 7.98. The number of nitrogens with two attached hydrogens (primary N) is 3. The molecule has 21 nitrogen and oxygen atoms in total. The van der Waals surface area contributed by atoms with Gasteiger partial charge in [0.15, 0.2) is 0 Å². The van der Waals surface area contributed by atoms with Gasteiger partial charge in [-0.15, -0.1) is 0 Å². The molecule has 54 heavy (non-hydrogen) atoms. The fraction of sp³-hybridized carbons (Fsp3) is 0.562. The molecule has 2 aromatic rings. The smallest absolute Gasteiger partial charge is 0.326 e. The molecule has 0 unspecified atom stereocenters. The van der Waals surface area contributed by atoms with Crippen molar-refractivity contribution in [3.63, 3.8) is 0 Å². The summed E-state index contributed by atoms with van der Waals surface area (Å²) >= 11 is 1.50. The zero-order valence-corrected chi connectivity index (χ0v) is 30.6. The highest BCUT2D eigenvalue weighted by atomic mass is 32.2. The van der Waals surface area contributed by atoms with E-state index in [-0.39, 0.29) is 51.5 Å². The highest BCUT2D eigenvalue weighted by Crippen LogP contribution is 2.20. The summed E-state index contributed by atoms with van der Waals surface area (Å²) in [5, 5.41) is 19.8. The molecule has 2 aromatic heterocycles. The minimum Gasteiger partial charge on any atom is -0.480 e. The normalized spacial score (nSPS) is 16.6. The van der Waals surface area contributed by atoms with E-state index >= 15 is 0 Å². The van der Waals surface area contributed by atoms with E-state index in [2.05, 4.69) is 41.2 Å². The van der Waals surface area contributed by atoms with Crippen LogP contribution in [-0.4, -0.2) is 132 Å². The van der Waals surface area contributed by atoms with Crippen LogP contribution in [-0.2, 0) is 51.2 Å². The molecule has 0 radical (unpaired) electrons. The number of carboxylic acids is 1. The molecule has 0 saturated carbocycles. The third-order valence-electron chi connectivity index (χ3n) is 8.62. The molecule has 0 aliphatic carbocycles. The first kappa shape index (κ1) is 42.9. The highest BCUT2D eigenvalue weighted by Gasteiger charge is 2.40. The van der Waals surface area contributed by atoms with Crippen LogP contribution in [0, 0.1) is 0 Å². The van der Waals surface area contributed by atoms with E-state index < -0.39 is 83.6 Å². The van der Waals surface area contributed by atoms with Crippen molar-refractivity contribution in [1.82, 2.24) is 46.1 Å². The molecular formula is C32H48N12O9S. The molecule has 1 aliphatic rings. The molecule has 1 fully saturated rings. The SMILES string of the molecule is CSCC[C@H](N)C(=O)N[C@@H](Cc1cnc[nH]1)C(=O)N[C@@H](CCC(N)=O)C(=O)N1CCC[C@H]1C(=O)N[C@@H](Cc1cnc[nH]1)C(=O)N[C@@H](CCC(N)=O)C(=O)O. The number of H-pyrrole nitrogens is 2. The van der Waals surface area contributed by atoms with E-state index in [0.717, 1.165) is 0 Å². The second-order valence-corrected chi connectivity index (χ2v) is 13.7. The van der Waals surface area contributed by atoms with Gasteiger partial charge in [-0.1, -0.05) is 0 Å². The van der Waals surface area contributed by atoms with Crippen LogP contribution in [0.1, 0.15) is 56.3 Å². The fourth-order valence-electron chi connectivity index (χ4n) is 5.71. The van der Waals surface area contributed by atoms with E-state index in [1.807, 2.05) is 6.26 Å². The summed E-state index contributed by atoms with van der Waals surface area (Å²) < 4.78 is 0. The van der Waals surface area contributed by atoms with Gasteiger partial charge in [-0.05, 0) is 44.1 Å². The molecule has 3 heterocycles. The van der Waals surface area contributed by atoms with Crippen LogP contribution >= 0.6 is 11.8 Å². The van der Waals surface area contributed by atoms with Crippen molar-refractivity contribution in [2.45, 2.75) is 94.0 Å². The van der Waals surface area contributed by atoms with E-state index in [1.54, 1.807) is 0 Å². The number of likely N-dealkylation sites (tertiary alicyclic amines) is 1. The minimum absolute atomic E-state index is 0.0383. The number of imidazole rings is 2. The Bertz CT molecular complexity index is 1610. The van der Waals surface area contributed by atoms with Crippen molar-refractivity contribution >= 4 is 59.1 Å². The topological polar surface area (TPSA) is 344 Å². The number of aromatic nitrogens is 4. The predicted molar refractivity (Wildman–Crippen MR) is 193 cm³/mol. The second-order valence-electron chi connectivity index (χ2n) is 12.7. The first-order valence-corrected chi connectivity index (χ1v) is 18.6. The number of hydrogen-bond donors (Lipinski definition) is 10. The number of carbonyl (C=O) groups is 8. The molecule has 296 valence electrons. The molecule has 13 N–H and O–H groups in total. The lowest BCUT2D eigenvalue weighted by Crippen LogP contribution is -2.59. The molecule has 7 amide bonds. The summed E-state index contributed by atoms with van der Waals surface area (Å²) in [5.74, 6) is -6.01. The Balaban J connectivity index is 1.81. The Kier molecular flexibility index (Phi) is 16.9. The lowest BCUT2D eigenvalue weighted by molar-refractivity contribution is -0.144. The number of amides is 7. The number of nitrogens with one attached hydrogen (secondary N) is 6. The van der Waals surface area contributed by atoms with Crippen LogP contribution in [0.3, 0.4) is 0 Å². The van der Waals surface area contributed by atoms with Gasteiger partial charge in [0, 0.05) is 56.0 Å². The van der Waals surface area contributed by atoms with Crippen molar-refractivity contribution < 1.29 is 43.5 Å². The fourth-order valence-corrected chi connectivity index (χ4v) is 6.20. The predicted octanol–water partition coefficient (Wildman–Crippen LogP) is -3.46. The number of primary amides is 2. The quantitative estimate of drug-likeness (QED) is 0.0526. The molecule has 0 bridgehead atoms. The van der Waals surface area contributed by atoms with Gasteiger partial charge in [-0.25, -0.2) is 14.8 Å². The van der Waals surface area contributed by atoms with Gasteiger partial charge in [0.1, 0.15) is 30.2 Å². The summed E-state index contributed by atoms with van der Waals surface area (Å²) in [7, 11) is 0. The summed E-state index contributed by atoms with van der Waals surface area (Å²) in [5.41, 5.74) is 17.5. The van der Waals surface area contributed by atoms with Crippen LogP contribution in [0.4, 0.5) is 0 Å². The number of nitrogens with zero attached hydrogens (tertiary/aromatic N) is 3. The van der Waals surface area contributed by atoms with Crippen molar-refractivity contribution in [2.75, 3.05) is 18.6 Å². The van der Waals surface area contributed by atoms with E-state index in [1.165, 1.54) is 41.7 Å². The molecule has 0 spiro atoms. The Morgan fingerprint density at radius 1 is 0.815 bits per heavy atom. The van der Waals surface area contributed by atoms with Crippen LogP contribution < -0.4 is 38.5 Å². The number of carboxylic acid groups (broad SMARTS) is 1. The van der Waals surface area contributed by atoms with Gasteiger partial charge in [0.2, 0.25) is 41.4 Å². The largest absolute Gasteiger partial charge is 0.480 e. The number of aromatic amines is 2. The summed E-state index contributed by atoms with van der Waals surface area (Å²) in [6.07, 6.45) is 7.07. The molecule has 3 rings (SSSR count). The van der Waals surface area contributed by atoms with Gasteiger partial charge >= 0.3 is 5.97 Å². The maximum absolute atomic E-state index is 14.1. The Labute approximate surface area is 314 Å². The second kappa shape index (κ2) is 21.3. The van der Waals surface area contributed by atoms with Crippen molar-refractivity contribution in [3.8, 4) is 0 Å². The van der Waals surface area contributed by atoms with E-state index in [0.29, 0.717) is 30.0 Å². The maximum Gasteiger partial charge on any atom is 0.326 e.